The number of β-amino-alcohol motifs (C(OH)–C–C–N with tert-alkyl or cyclic N) is 1. The van der Waals surface area contributed by atoms with E-state index in [2.05, 4.69) is 10.1 Å². The molecule has 2 N–H and O–H groups in total. The van der Waals surface area contributed by atoms with E-state index in [1.807, 2.05) is 0 Å². The van der Waals surface area contributed by atoms with Gasteiger partial charge in [0.25, 0.3) is 5.91 Å². The number of rotatable bonds is 3. The molecule has 1 heterocycles. The van der Waals surface area contributed by atoms with Crippen molar-refractivity contribution in [1.29, 1.82) is 0 Å². The molecule has 1 amide bonds. The summed E-state index contributed by atoms with van der Waals surface area (Å²) < 4.78 is 39.9. The molecule has 0 aromatic heterocycles. The fraction of sp³-hybridized carbons (Fsp3) is 0.462. The number of hydrogen-bond donors (Lipinski definition) is 2. The van der Waals surface area contributed by atoms with E-state index in [4.69, 9.17) is 0 Å². The second-order valence-corrected chi connectivity index (χ2v) is 4.78. The first-order chi connectivity index (χ1) is 9.78. The van der Waals surface area contributed by atoms with Crippen molar-refractivity contribution in [2.24, 2.45) is 0 Å². The summed E-state index contributed by atoms with van der Waals surface area (Å²) in [6.07, 6.45) is -5.42. The largest absolute Gasteiger partial charge is 0.573 e. The molecule has 1 aromatic carbocycles. The van der Waals surface area contributed by atoms with Crippen LogP contribution < -0.4 is 10.1 Å². The average Bonchev–Trinajstić information content (AvgIpc) is 2.82. The van der Waals surface area contributed by atoms with Crippen molar-refractivity contribution < 1.29 is 27.8 Å². The number of nitrogens with one attached hydrogen (secondary N) is 1. The number of aliphatic hydroxyl groups excluding tert-OH is 1. The van der Waals surface area contributed by atoms with Gasteiger partial charge in [-0.3, -0.25) is 4.79 Å². The van der Waals surface area contributed by atoms with E-state index in [-0.39, 0.29) is 23.3 Å². The first-order valence-electron chi connectivity index (χ1n) is 6.29. The van der Waals surface area contributed by atoms with E-state index < -0.39 is 12.5 Å². The number of benzene rings is 1. The molecule has 2 rings (SSSR count). The summed E-state index contributed by atoms with van der Waals surface area (Å²) in [5, 5.41) is 12.7. The zero-order valence-electron chi connectivity index (χ0n) is 11.2. The van der Waals surface area contributed by atoms with Gasteiger partial charge in [0.15, 0.2) is 0 Å². The molecule has 1 fully saturated rings. The first-order valence-corrected chi connectivity index (χ1v) is 6.29. The van der Waals surface area contributed by atoms with Gasteiger partial charge in [0, 0.05) is 25.7 Å². The van der Waals surface area contributed by atoms with Crippen LogP contribution in [0.3, 0.4) is 0 Å². The molecule has 21 heavy (non-hydrogen) atoms. The first kappa shape index (κ1) is 15.6. The predicted octanol–water partition coefficient (Wildman–Crippen LogP) is 0.990. The number of carbonyl (C=O) groups excluding carboxylic acids is 1. The topological polar surface area (TPSA) is 61.8 Å². The summed E-state index contributed by atoms with van der Waals surface area (Å²) in [5.41, 5.74) is 0.228. The highest BCUT2D eigenvalue weighted by Crippen LogP contribution is 2.23. The number of carbonyl (C=O) groups is 1. The zero-order chi connectivity index (χ0) is 15.6. The van der Waals surface area contributed by atoms with Gasteiger partial charge < -0.3 is 20.1 Å². The normalized spacial score (nSPS) is 22.1. The van der Waals surface area contributed by atoms with Crippen molar-refractivity contribution in [2.75, 3.05) is 20.1 Å². The van der Waals surface area contributed by atoms with Gasteiger partial charge in [-0.15, -0.1) is 13.2 Å². The Kier molecular flexibility index (Phi) is 4.38. The summed E-state index contributed by atoms with van der Waals surface area (Å²) in [4.78, 5) is 13.6. The number of amides is 1. The van der Waals surface area contributed by atoms with Crippen LogP contribution in [-0.4, -0.2) is 54.6 Å². The molecular weight excluding hydrogens is 289 g/mol. The molecule has 0 aliphatic carbocycles. The molecular formula is C13H15F3N2O3. The molecule has 0 bridgehead atoms. The lowest BCUT2D eigenvalue weighted by molar-refractivity contribution is -0.274. The van der Waals surface area contributed by atoms with Crippen molar-refractivity contribution >= 4 is 5.91 Å². The maximum absolute atomic E-state index is 12.2. The Morgan fingerprint density at radius 3 is 2.43 bits per heavy atom. The molecule has 1 aliphatic heterocycles. The summed E-state index contributed by atoms with van der Waals surface area (Å²) in [7, 11) is 1.54. The lowest BCUT2D eigenvalue weighted by Gasteiger charge is -2.26. The monoisotopic (exact) mass is 304 g/mol. The number of nitrogens with zero attached hydrogens (tertiary/aromatic N) is 1. The average molecular weight is 304 g/mol. The Labute approximate surface area is 119 Å². The summed E-state index contributed by atoms with van der Waals surface area (Å²) in [6.45, 7) is 0.874. The lowest BCUT2D eigenvalue weighted by atomic mass is 10.1. The van der Waals surface area contributed by atoms with Crippen LogP contribution >= 0.6 is 0 Å². The fourth-order valence-electron chi connectivity index (χ4n) is 2.20. The Morgan fingerprint density at radius 1 is 1.33 bits per heavy atom. The van der Waals surface area contributed by atoms with Crippen molar-refractivity contribution in [3.63, 3.8) is 0 Å². The Hall–Kier alpha value is -1.80. The van der Waals surface area contributed by atoms with Crippen LogP contribution in [0, 0.1) is 0 Å². The van der Waals surface area contributed by atoms with E-state index in [9.17, 15) is 23.1 Å². The van der Waals surface area contributed by atoms with Gasteiger partial charge in [-0.05, 0) is 24.3 Å². The van der Waals surface area contributed by atoms with Crippen LogP contribution in [0.25, 0.3) is 0 Å². The number of halogens is 3. The molecule has 0 radical (unpaired) electrons. The molecule has 0 unspecified atom stereocenters. The van der Waals surface area contributed by atoms with Crippen LogP contribution in [0.4, 0.5) is 13.2 Å². The van der Waals surface area contributed by atoms with E-state index >= 15 is 0 Å². The molecule has 5 nitrogen and oxygen atoms in total. The lowest BCUT2D eigenvalue weighted by Crippen LogP contribution is -2.44. The van der Waals surface area contributed by atoms with Gasteiger partial charge in [-0.25, -0.2) is 0 Å². The van der Waals surface area contributed by atoms with Gasteiger partial charge in [-0.2, -0.15) is 0 Å². The minimum absolute atomic E-state index is 0.228. The highest BCUT2D eigenvalue weighted by Gasteiger charge is 2.32. The fourth-order valence-corrected chi connectivity index (χ4v) is 2.20. The minimum Gasteiger partial charge on any atom is -0.406 e. The summed E-state index contributed by atoms with van der Waals surface area (Å²) in [5.74, 6) is -0.759. The Bertz CT molecular complexity index is 504. The molecule has 8 heteroatoms. The van der Waals surface area contributed by atoms with Crippen molar-refractivity contribution in [1.82, 2.24) is 10.2 Å². The standard InChI is InChI=1S/C13H15F3N2O3/c1-18(10-6-17-7-11(10)19)12(20)8-2-4-9(5-3-8)21-13(14,15)16/h2-5,10-11,17,19H,6-7H2,1H3/t10-,11-/m1/s1. The number of hydrogen-bond acceptors (Lipinski definition) is 4. The zero-order valence-corrected chi connectivity index (χ0v) is 11.2. The Morgan fingerprint density at radius 2 is 1.95 bits per heavy atom. The summed E-state index contributed by atoms with van der Waals surface area (Å²) >= 11 is 0. The number of alkyl halides is 3. The van der Waals surface area contributed by atoms with Gasteiger partial charge in [0.05, 0.1) is 12.1 Å². The summed E-state index contributed by atoms with van der Waals surface area (Å²) in [6, 6.07) is 4.32. The van der Waals surface area contributed by atoms with Gasteiger partial charge >= 0.3 is 6.36 Å². The van der Waals surface area contributed by atoms with E-state index in [0.29, 0.717) is 13.1 Å². The maximum Gasteiger partial charge on any atom is 0.573 e. The maximum atomic E-state index is 12.2. The van der Waals surface area contributed by atoms with Gasteiger partial charge in [0.2, 0.25) is 0 Å². The molecule has 0 spiro atoms. The van der Waals surface area contributed by atoms with Gasteiger partial charge in [-0.1, -0.05) is 0 Å². The molecule has 0 saturated carbocycles. The molecule has 1 aliphatic rings. The third kappa shape index (κ3) is 3.85. The third-order valence-corrected chi connectivity index (χ3v) is 3.30. The number of aliphatic hydroxyl groups is 1. The number of likely N-dealkylation sites (N-methyl/N-ethyl adjacent to an activating group) is 1. The SMILES string of the molecule is CN(C(=O)c1ccc(OC(F)(F)F)cc1)[C@@H]1CNC[C@H]1O. The quantitative estimate of drug-likeness (QED) is 0.874. The molecule has 1 saturated heterocycles. The molecule has 2 atom stereocenters. The van der Waals surface area contributed by atoms with Crippen LogP contribution in [-0.2, 0) is 0 Å². The van der Waals surface area contributed by atoms with Crippen LogP contribution in [0.15, 0.2) is 24.3 Å². The smallest absolute Gasteiger partial charge is 0.406 e. The van der Waals surface area contributed by atoms with Crippen molar-refractivity contribution in [2.45, 2.75) is 18.5 Å². The second-order valence-electron chi connectivity index (χ2n) is 4.78. The number of ether oxygens (including phenoxy) is 1. The Balaban J connectivity index is 2.06. The minimum atomic E-state index is -4.76. The van der Waals surface area contributed by atoms with Crippen LogP contribution in [0.2, 0.25) is 0 Å². The van der Waals surface area contributed by atoms with E-state index in [1.165, 1.54) is 17.0 Å². The third-order valence-electron chi connectivity index (χ3n) is 3.30. The second kappa shape index (κ2) is 5.90. The van der Waals surface area contributed by atoms with E-state index in [1.54, 1.807) is 7.05 Å². The van der Waals surface area contributed by atoms with Crippen molar-refractivity contribution in [3.05, 3.63) is 29.8 Å². The van der Waals surface area contributed by atoms with Crippen LogP contribution in [0.1, 0.15) is 10.4 Å². The van der Waals surface area contributed by atoms with E-state index in [0.717, 1.165) is 12.1 Å². The van der Waals surface area contributed by atoms with Crippen LogP contribution in [0.5, 0.6) is 5.75 Å². The van der Waals surface area contributed by atoms with Gasteiger partial charge in [0.1, 0.15) is 5.75 Å². The highest BCUT2D eigenvalue weighted by atomic mass is 19.4. The van der Waals surface area contributed by atoms with Crippen molar-refractivity contribution in [3.8, 4) is 5.75 Å². The highest BCUT2D eigenvalue weighted by molar-refractivity contribution is 5.94. The molecule has 116 valence electrons. The predicted molar refractivity (Wildman–Crippen MR) is 67.9 cm³/mol. The molecule has 1 aromatic rings.